The Morgan fingerprint density at radius 3 is 2.45 bits per heavy atom. The summed E-state index contributed by atoms with van der Waals surface area (Å²) in [7, 11) is 1.70. The molecule has 0 spiro atoms. The Hall–Kier alpha value is -6.18. The number of aromatic hydroxyl groups is 1. The average molecular weight is 812 g/mol. The molecule has 6 atom stereocenters. The lowest BCUT2D eigenvalue weighted by Gasteiger charge is -2.49. The number of hydrogen-bond acceptors (Lipinski definition) is 9. The number of amides is 4. The number of thiophene rings is 1. The highest BCUT2D eigenvalue weighted by molar-refractivity contribution is 7.22. The average Bonchev–Trinajstić information content (AvgIpc) is 3.88. The maximum atomic E-state index is 15.3. The summed E-state index contributed by atoms with van der Waals surface area (Å²) in [4.78, 5) is 73.3. The SMILES string of the molecule is Cc1c(-c2cc(N3C(=O)[C@@H]4C[C@@H]5C(=CC[C@@H]6C(=O)N(c7cccc([N+](=O)[O-])c7)C(=O)[C@@H]65)[C@H](c5ccc(O)c6ccccc56)[C@]4(C)C3=O)n(C)n2)sc2ccc(Cl)cc12. The van der Waals surface area contributed by atoms with E-state index in [4.69, 9.17) is 16.7 Å². The number of anilines is 2. The molecule has 1 N–H and O–H groups in total. The topological polar surface area (TPSA) is 156 Å². The van der Waals surface area contributed by atoms with Crippen LogP contribution in [-0.4, -0.2) is 43.4 Å². The molecule has 14 heteroatoms. The summed E-state index contributed by atoms with van der Waals surface area (Å²) in [6, 6.07) is 23.6. The maximum Gasteiger partial charge on any atom is 0.271 e. The fraction of sp³-hybridized carbons (Fsp3) is 0.250. The zero-order valence-electron chi connectivity index (χ0n) is 31.4. The van der Waals surface area contributed by atoms with E-state index in [1.54, 1.807) is 47.3 Å². The van der Waals surface area contributed by atoms with Crippen molar-refractivity contribution in [2.45, 2.75) is 32.6 Å². The van der Waals surface area contributed by atoms with Crippen molar-refractivity contribution in [3.63, 3.8) is 0 Å². The number of aryl methyl sites for hydroxylation is 2. The molecular weight excluding hydrogens is 778 g/mol. The first-order chi connectivity index (χ1) is 27.8. The molecule has 4 heterocycles. The number of nitro groups is 1. The van der Waals surface area contributed by atoms with Gasteiger partial charge in [-0.25, -0.2) is 9.80 Å². The molecule has 58 heavy (non-hydrogen) atoms. The second-order valence-corrected chi connectivity index (χ2v) is 17.4. The number of imide groups is 2. The Balaban J connectivity index is 1.11. The summed E-state index contributed by atoms with van der Waals surface area (Å²) in [5, 5.41) is 30.3. The summed E-state index contributed by atoms with van der Waals surface area (Å²) in [6.45, 7) is 3.81. The molecule has 2 saturated heterocycles. The zero-order valence-corrected chi connectivity index (χ0v) is 33.0. The van der Waals surface area contributed by atoms with Crippen molar-refractivity contribution >= 4 is 84.6 Å². The predicted octanol–water partition coefficient (Wildman–Crippen LogP) is 8.47. The van der Waals surface area contributed by atoms with Crippen LogP contribution in [0.25, 0.3) is 31.4 Å². The van der Waals surface area contributed by atoms with E-state index in [2.05, 4.69) is 0 Å². The summed E-state index contributed by atoms with van der Waals surface area (Å²) in [6.07, 6.45) is 2.29. The normalized spacial score (nSPS) is 25.4. The molecule has 2 aromatic heterocycles. The van der Waals surface area contributed by atoms with Crippen LogP contribution in [-0.2, 0) is 26.2 Å². The van der Waals surface area contributed by atoms with Gasteiger partial charge < -0.3 is 5.11 Å². The molecule has 0 unspecified atom stereocenters. The van der Waals surface area contributed by atoms with Crippen molar-refractivity contribution < 1.29 is 29.2 Å². The number of rotatable bonds is 5. The molecule has 3 fully saturated rings. The molecule has 4 aromatic carbocycles. The van der Waals surface area contributed by atoms with Gasteiger partial charge in [-0.15, -0.1) is 11.3 Å². The molecule has 12 nitrogen and oxygen atoms in total. The quantitative estimate of drug-likeness (QED) is 0.0787. The lowest BCUT2D eigenvalue weighted by atomic mass is 9.51. The van der Waals surface area contributed by atoms with Crippen LogP contribution in [0.4, 0.5) is 17.2 Å². The van der Waals surface area contributed by atoms with Gasteiger partial charge in [-0.3, -0.25) is 34.0 Å². The molecule has 10 rings (SSSR count). The minimum atomic E-state index is -1.34. The number of halogens is 1. The van der Waals surface area contributed by atoms with Gasteiger partial charge in [-0.1, -0.05) is 59.6 Å². The van der Waals surface area contributed by atoms with Crippen LogP contribution in [0.1, 0.15) is 36.8 Å². The molecule has 290 valence electrons. The van der Waals surface area contributed by atoms with Gasteiger partial charge in [0.1, 0.15) is 17.3 Å². The fourth-order valence-electron chi connectivity index (χ4n) is 10.4. The number of nitrogens with zero attached hydrogens (tertiary/aromatic N) is 5. The van der Waals surface area contributed by atoms with E-state index < -0.39 is 63.6 Å². The number of fused-ring (bicyclic) bond motifs is 6. The lowest BCUT2D eigenvalue weighted by Crippen LogP contribution is -2.49. The molecular formula is C44H34ClN5O7S. The summed E-state index contributed by atoms with van der Waals surface area (Å²) in [5.74, 6) is -5.28. The van der Waals surface area contributed by atoms with E-state index in [0.29, 0.717) is 27.3 Å². The number of carbonyl (C=O) groups excluding carboxylic acids is 4. The second kappa shape index (κ2) is 12.7. The van der Waals surface area contributed by atoms with Crippen molar-refractivity contribution in [3.05, 3.63) is 123 Å². The Morgan fingerprint density at radius 2 is 1.67 bits per heavy atom. The van der Waals surface area contributed by atoms with E-state index >= 15 is 9.59 Å². The monoisotopic (exact) mass is 811 g/mol. The Kier molecular flexibility index (Phi) is 7.90. The first-order valence-electron chi connectivity index (χ1n) is 18.9. The first kappa shape index (κ1) is 36.2. The molecule has 6 aromatic rings. The minimum absolute atomic E-state index is 0.0620. The van der Waals surface area contributed by atoms with E-state index in [1.165, 1.54) is 29.2 Å². The summed E-state index contributed by atoms with van der Waals surface area (Å²) < 4.78 is 2.57. The number of hydrogen-bond donors (Lipinski definition) is 1. The van der Waals surface area contributed by atoms with E-state index in [1.807, 2.05) is 56.3 Å². The third-order valence-corrected chi connectivity index (χ3v) is 14.6. The molecule has 0 bridgehead atoms. The number of benzene rings is 4. The molecule has 2 aliphatic carbocycles. The van der Waals surface area contributed by atoms with Crippen LogP contribution in [0.5, 0.6) is 5.75 Å². The number of phenols is 1. The number of non-ortho nitro benzene ring substituents is 1. The molecule has 0 radical (unpaired) electrons. The Bertz CT molecular complexity index is 2900. The fourth-order valence-corrected chi connectivity index (χ4v) is 11.7. The highest BCUT2D eigenvalue weighted by Gasteiger charge is 2.68. The van der Waals surface area contributed by atoms with Crippen molar-refractivity contribution in [3.8, 4) is 16.3 Å². The van der Waals surface area contributed by atoms with Crippen molar-refractivity contribution in [1.29, 1.82) is 0 Å². The minimum Gasteiger partial charge on any atom is -0.507 e. The van der Waals surface area contributed by atoms with E-state index in [-0.39, 0.29) is 30.0 Å². The number of carbonyl (C=O) groups is 4. The largest absolute Gasteiger partial charge is 0.507 e. The van der Waals surface area contributed by atoms with Gasteiger partial charge in [-0.05, 0) is 84.8 Å². The zero-order chi connectivity index (χ0) is 40.5. The van der Waals surface area contributed by atoms with Gasteiger partial charge in [0.15, 0.2) is 0 Å². The summed E-state index contributed by atoms with van der Waals surface area (Å²) in [5.41, 5.74) is 1.61. The third kappa shape index (κ3) is 4.89. The highest BCUT2D eigenvalue weighted by Crippen LogP contribution is 2.64. The van der Waals surface area contributed by atoms with Crippen LogP contribution in [0.15, 0.2) is 96.6 Å². The number of allylic oxidation sites excluding steroid dienone is 2. The van der Waals surface area contributed by atoms with Gasteiger partial charge in [0.25, 0.3) is 5.69 Å². The van der Waals surface area contributed by atoms with Crippen molar-refractivity contribution in [1.82, 2.24) is 9.78 Å². The second-order valence-electron chi connectivity index (χ2n) is 15.9. The maximum absolute atomic E-state index is 15.3. The first-order valence-corrected chi connectivity index (χ1v) is 20.1. The van der Waals surface area contributed by atoms with Crippen molar-refractivity contribution in [2.75, 3.05) is 9.80 Å². The number of phenolic OH excluding ortho intramolecular Hbond substituents is 1. The number of nitro benzene ring substituents is 1. The summed E-state index contributed by atoms with van der Waals surface area (Å²) >= 11 is 7.88. The van der Waals surface area contributed by atoms with Crippen LogP contribution in [0.3, 0.4) is 0 Å². The third-order valence-electron chi connectivity index (χ3n) is 13.0. The molecule has 4 amide bonds. The van der Waals surface area contributed by atoms with Gasteiger partial charge in [-0.2, -0.15) is 5.10 Å². The van der Waals surface area contributed by atoms with Crippen LogP contribution >= 0.6 is 22.9 Å². The molecule has 4 aliphatic rings. The standard InChI is InChI=1S/C44H34ClN5O7S/c1-21-30-17-22(45)11-16-35(30)58-39(21)33-20-36(47(3)46-33)49-41(53)32-19-31-28(38(44(32,2)43(49)55)27-14-15-34(51)26-10-5-4-9-25(26)27)12-13-29-37(31)42(54)48(40(29)52)23-7-6-8-24(18-23)50(56)57/h4-12,14-18,20,29,31-32,37-38,51H,13,19H2,1-3H3/t29-,31+,32-,37-,38-,44+/m0/s1. The van der Waals surface area contributed by atoms with Gasteiger partial charge >= 0.3 is 0 Å². The van der Waals surface area contributed by atoms with Gasteiger partial charge in [0.05, 0.1) is 38.7 Å². The van der Waals surface area contributed by atoms with Gasteiger partial charge in [0, 0.05) is 46.3 Å². The van der Waals surface area contributed by atoms with E-state index in [9.17, 15) is 24.8 Å². The van der Waals surface area contributed by atoms with Crippen LogP contribution in [0.2, 0.25) is 5.02 Å². The van der Waals surface area contributed by atoms with Crippen LogP contribution in [0, 0.1) is 46.1 Å². The predicted molar refractivity (Wildman–Crippen MR) is 220 cm³/mol. The Labute approximate surface area is 340 Å². The van der Waals surface area contributed by atoms with Crippen LogP contribution < -0.4 is 9.80 Å². The van der Waals surface area contributed by atoms with E-state index in [0.717, 1.165) is 36.6 Å². The lowest BCUT2D eigenvalue weighted by molar-refractivity contribution is -0.384. The van der Waals surface area contributed by atoms with Gasteiger partial charge in [0.2, 0.25) is 23.6 Å². The Morgan fingerprint density at radius 1 is 0.897 bits per heavy atom. The molecule has 2 aliphatic heterocycles. The number of aromatic nitrogens is 2. The highest BCUT2D eigenvalue weighted by atomic mass is 35.5. The molecule has 1 saturated carbocycles. The smallest absolute Gasteiger partial charge is 0.271 e. The van der Waals surface area contributed by atoms with Crippen molar-refractivity contribution in [2.24, 2.45) is 36.1 Å².